The van der Waals surface area contributed by atoms with Crippen LogP contribution in [0, 0.1) is 6.92 Å². The summed E-state index contributed by atoms with van der Waals surface area (Å²) in [6, 6.07) is 8.58. The Kier molecular flexibility index (Phi) is 5.19. The number of ether oxygens (including phenoxy) is 2. The quantitative estimate of drug-likeness (QED) is 0.753. The monoisotopic (exact) mass is 438 g/mol. The minimum absolute atomic E-state index is 0.0961. The van der Waals surface area contributed by atoms with Gasteiger partial charge < -0.3 is 19.7 Å². The summed E-state index contributed by atoms with van der Waals surface area (Å²) in [7, 11) is 0. The van der Waals surface area contributed by atoms with Gasteiger partial charge in [0.2, 0.25) is 0 Å². The highest BCUT2D eigenvalue weighted by Crippen LogP contribution is 2.51. The standard InChI is InChI=1S/C25H34N4O3/c1-5-31-23(30)28-14-11-25(12-15-28)21-17(2)29(18-10-13-26-24(3,4)16-18)27-22(21)19-8-6-7-9-20(19)32-25/h6-9,18,26H,5,10-16H2,1-4H3/t18-/m1/s1. The van der Waals surface area contributed by atoms with Crippen LogP contribution in [-0.2, 0) is 10.3 Å². The molecule has 2 saturated heterocycles. The topological polar surface area (TPSA) is 68.6 Å². The summed E-state index contributed by atoms with van der Waals surface area (Å²) in [5, 5.41) is 8.84. The van der Waals surface area contributed by atoms with Crippen LogP contribution in [0.5, 0.6) is 5.75 Å². The molecule has 32 heavy (non-hydrogen) atoms. The largest absolute Gasteiger partial charge is 0.482 e. The number of hydrogen-bond acceptors (Lipinski definition) is 5. The zero-order valence-corrected chi connectivity index (χ0v) is 19.6. The Morgan fingerprint density at radius 1 is 1.28 bits per heavy atom. The van der Waals surface area contributed by atoms with Crippen LogP contribution in [0.2, 0.25) is 0 Å². The second-order valence-corrected chi connectivity index (χ2v) is 9.99. The van der Waals surface area contributed by atoms with E-state index in [1.807, 2.05) is 19.1 Å². The predicted molar refractivity (Wildman–Crippen MR) is 123 cm³/mol. The van der Waals surface area contributed by atoms with E-state index in [1.54, 1.807) is 4.90 Å². The fraction of sp³-hybridized carbons (Fsp3) is 0.600. The van der Waals surface area contributed by atoms with Gasteiger partial charge in [0.15, 0.2) is 0 Å². The Labute approximate surface area is 190 Å². The fourth-order valence-corrected chi connectivity index (χ4v) is 5.79. The second-order valence-electron chi connectivity index (χ2n) is 9.99. The average Bonchev–Trinajstić information content (AvgIpc) is 3.12. The molecule has 1 aromatic heterocycles. The molecule has 7 heteroatoms. The van der Waals surface area contributed by atoms with E-state index in [-0.39, 0.29) is 11.6 Å². The number of likely N-dealkylation sites (tertiary alicyclic amines) is 1. The molecule has 3 aliphatic rings. The molecule has 0 radical (unpaired) electrons. The van der Waals surface area contributed by atoms with Crippen LogP contribution in [0.15, 0.2) is 24.3 Å². The van der Waals surface area contributed by atoms with Crippen molar-refractivity contribution in [1.29, 1.82) is 0 Å². The number of carbonyl (C=O) groups excluding carboxylic acids is 1. The molecule has 0 unspecified atom stereocenters. The molecule has 1 aromatic carbocycles. The highest BCUT2D eigenvalue weighted by atomic mass is 16.6. The van der Waals surface area contributed by atoms with Crippen LogP contribution in [-0.4, -0.2) is 52.6 Å². The molecule has 4 heterocycles. The first-order valence-electron chi connectivity index (χ1n) is 11.9. The number of rotatable bonds is 2. The van der Waals surface area contributed by atoms with E-state index >= 15 is 0 Å². The molecule has 1 amide bonds. The van der Waals surface area contributed by atoms with Crippen LogP contribution >= 0.6 is 0 Å². The minimum Gasteiger partial charge on any atom is -0.482 e. The molecule has 5 rings (SSSR count). The summed E-state index contributed by atoms with van der Waals surface area (Å²) in [6.07, 6.45) is 3.34. The summed E-state index contributed by atoms with van der Waals surface area (Å²) in [5.41, 5.74) is 4.15. The van der Waals surface area contributed by atoms with E-state index in [0.717, 1.165) is 49.2 Å². The van der Waals surface area contributed by atoms with Crippen molar-refractivity contribution in [3.63, 3.8) is 0 Å². The normalized spacial score (nSPS) is 23.2. The summed E-state index contributed by atoms with van der Waals surface area (Å²) in [4.78, 5) is 14.1. The summed E-state index contributed by atoms with van der Waals surface area (Å²) < 4.78 is 14.2. The molecule has 0 saturated carbocycles. The Morgan fingerprint density at radius 3 is 2.75 bits per heavy atom. The highest BCUT2D eigenvalue weighted by molar-refractivity contribution is 5.74. The van der Waals surface area contributed by atoms with Gasteiger partial charge in [-0.25, -0.2) is 4.79 Å². The molecule has 172 valence electrons. The number of para-hydroxylation sites is 1. The van der Waals surface area contributed by atoms with Crippen molar-refractivity contribution in [2.24, 2.45) is 0 Å². The van der Waals surface area contributed by atoms with Gasteiger partial charge in [-0.05, 0) is 59.2 Å². The number of fused-ring (bicyclic) bond motifs is 4. The van der Waals surface area contributed by atoms with Crippen LogP contribution in [0.3, 0.4) is 0 Å². The third-order valence-electron chi connectivity index (χ3n) is 7.32. The molecule has 1 spiro atoms. The SMILES string of the molecule is CCOC(=O)N1CCC2(CC1)Oc1ccccc1-c1nn([C@@H]3CCNC(C)(C)C3)c(C)c12. The van der Waals surface area contributed by atoms with Gasteiger partial charge in [-0.2, -0.15) is 5.10 Å². The molecule has 1 atom stereocenters. The zero-order chi connectivity index (χ0) is 22.5. The maximum absolute atomic E-state index is 12.3. The first kappa shape index (κ1) is 21.3. The van der Waals surface area contributed by atoms with Crippen molar-refractivity contribution in [3.05, 3.63) is 35.5 Å². The number of aromatic nitrogens is 2. The van der Waals surface area contributed by atoms with Gasteiger partial charge in [-0.3, -0.25) is 4.68 Å². The molecular weight excluding hydrogens is 404 g/mol. The van der Waals surface area contributed by atoms with Crippen LogP contribution in [0.25, 0.3) is 11.3 Å². The first-order chi connectivity index (χ1) is 15.3. The van der Waals surface area contributed by atoms with E-state index in [9.17, 15) is 4.79 Å². The lowest BCUT2D eigenvalue weighted by Gasteiger charge is -2.44. The first-order valence-corrected chi connectivity index (χ1v) is 11.9. The van der Waals surface area contributed by atoms with Crippen LogP contribution in [0.4, 0.5) is 4.79 Å². The van der Waals surface area contributed by atoms with Gasteiger partial charge >= 0.3 is 6.09 Å². The number of benzene rings is 1. The Morgan fingerprint density at radius 2 is 2.03 bits per heavy atom. The number of hydrogen-bond donors (Lipinski definition) is 1. The Balaban J connectivity index is 1.54. The molecule has 0 aliphatic carbocycles. The van der Waals surface area contributed by atoms with Crippen molar-refractivity contribution in [3.8, 4) is 17.0 Å². The zero-order valence-electron chi connectivity index (χ0n) is 19.6. The minimum atomic E-state index is -0.461. The van der Waals surface area contributed by atoms with Crippen molar-refractivity contribution < 1.29 is 14.3 Å². The number of amides is 1. The predicted octanol–water partition coefficient (Wildman–Crippen LogP) is 4.40. The van der Waals surface area contributed by atoms with E-state index in [1.165, 1.54) is 11.3 Å². The molecule has 0 bridgehead atoms. The summed E-state index contributed by atoms with van der Waals surface area (Å²) in [6.45, 7) is 11.2. The molecule has 1 N–H and O–H groups in total. The van der Waals surface area contributed by atoms with Gasteiger partial charge in [-0.1, -0.05) is 12.1 Å². The average molecular weight is 439 g/mol. The summed E-state index contributed by atoms with van der Waals surface area (Å²) >= 11 is 0. The smallest absolute Gasteiger partial charge is 0.409 e. The van der Waals surface area contributed by atoms with E-state index in [4.69, 9.17) is 14.6 Å². The van der Waals surface area contributed by atoms with Gasteiger partial charge in [0.25, 0.3) is 0 Å². The fourth-order valence-electron chi connectivity index (χ4n) is 5.79. The third-order valence-corrected chi connectivity index (χ3v) is 7.32. The van der Waals surface area contributed by atoms with Crippen molar-refractivity contribution >= 4 is 6.09 Å². The van der Waals surface area contributed by atoms with Crippen molar-refractivity contribution in [2.75, 3.05) is 26.2 Å². The number of nitrogens with one attached hydrogen (secondary N) is 1. The molecular formula is C25H34N4O3. The maximum Gasteiger partial charge on any atom is 0.409 e. The number of piperidine rings is 2. The van der Waals surface area contributed by atoms with E-state index in [0.29, 0.717) is 25.7 Å². The van der Waals surface area contributed by atoms with Crippen molar-refractivity contribution in [2.45, 2.75) is 70.6 Å². The van der Waals surface area contributed by atoms with Crippen molar-refractivity contribution in [1.82, 2.24) is 20.0 Å². The Bertz CT molecular complexity index is 1020. The lowest BCUT2D eigenvalue weighted by Crippen LogP contribution is -2.49. The van der Waals surface area contributed by atoms with E-state index < -0.39 is 5.60 Å². The second kappa shape index (κ2) is 7.80. The van der Waals surface area contributed by atoms with Gasteiger partial charge in [-0.15, -0.1) is 0 Å². The van der Waals surface area contributed by atoms with Crippen LogP contribution < -0.4 is 10.1 Å². The molecule has 2 aromatic rings. The number of nitrogens with zero attached hydrogens (tertiary/aromatic N) is 3. The Hall–Kier alpha value is -2.54. The van der Waals surface area contributed by atoms with Gasteiger partial charge in [0.05, 0.1) is 12.6 Å². The number of carbonyl (C=O) groups is 1. The molecule has 7 nitrogen and oxygen atoms in total. The molecule has 2 fully saturated rings. The van der Waals surface area contributed by atoms with E-state index in [2.05, 4.69) is 42.9 Å². The molecule has 3 aliphatic heterocycles. The summed E-state index contributed by atoms with van der Waals surface area (Å²) in [5.74, 6) is 0.889. The van der Waals surface area contributed by atoms with Gasteiger partial charge in [0, 0.05) is 48.3 Å². The lowest BCUT2D eigenvalue weighted by molar-refractivity contribution is -0.00547. The van der Waals surface area contributed by atoms with Gasteiger partial charge in [0.1, 0.15) is 17.0 Å². The van der Waals surface area contributed by atoms with Crippen LogP contribution in [0.1, 0.15) is 63.8 Å². The lowest BCUT2D eigenvalue weighted by atomic mass is 9.79. The highest BCUT2D eigenvalue weighted by Gasteiger charge is 2.48. The maximum atomic E-state index is 12.3. The third kappa shape index (κ3) is 3.47.